The number of nitrogens with one attached hydrogen (secondary N) is 1. The summed E-state index contributed by atoms with van der Waals surface area (Å²) >= 11 is 0. The molecule has 4 N–H and O–H groups in total. The minimum atomic E-state index is -0.250. The first-order chi connectivity index (χ1) is 15.5. The number of benzene rings is 1. The van der Waals surface area contributed by atoms with E-state index in [1.54, 1.807) is 18.3 Å². The summed E-state index contributed by atoms with van der Waals surface area (Å²) in [7, 11) is 0. The van der Waals surface area contributed by atoms with Crippen molar-refractivity contribution in [1.82, 2.24) is 15.2 Å². The number of hydrogen-bond donors (Lipinski definition) is 3. The molecule has 1 aliphatic heterocycles. The fraction of sp³-hybridized carbons (Fsp3) is 0.417. The molecule has 2 amide bonds. The van der Waals surface area contributed by atoms with Crippen LogP contribution in [-0.2, 0) is 22.4 Å². The molecule has 8 heteroatoms. The number of anilines is 1. The molecule has 8 nitrogen and oxygen atoms in total. The van der Waals surface area contributed by atoms with Gasteiger partial charge in [0, 0.05) is 36.8 Å². The van der Waals surface area contributed by atoms with Gasteiger partial charge in [-0.2, -0.15) is 0 Å². The van der Waals surface area contributed by atoms with Gasteiger partial charge >= 0.3 is 0 Å². The number of nitrogens with zero attached hydrogens (tertiary/aromatic N) is 2. The van der Waals surface area contributed by atoms with Gasteiger partial charge in [-0.25, -0.2) is 4.98 Å². The third-order valence-electron chi connectivity index (χ3n) is 6.19. The average molecular weight is 439 g/mol. The zero-order valence-corrected chi connectivity index (χ0v) is 18.1. The second kappa shape index (κ2) is 11.3. The molecule has 0 unspecified atom stereocenters. The molecule has 170 valence electrons. The molecule has 0 radical (unpaired) electrons. The van der Waals surface area contributed by atoms with E-state index in [1.807, 2.05) is 4.90 Å². The van der Waals surface area contributed by atoms with Crippen LogP contribution in [0, 0.1) is 5.92 Å². The highest BCUT2D eigenvalue weighted by Crippen LogP contribution is 2.27. The van der Waals surface area contributed by atoms with Crippen LogP contribution in [0.5, 0.6) is 0 Å². The highest BCUT2D eigenvalue weighted by molar-refractivity contribution is 5.94. The van der Waals surface area contributed by atoms with Crippen molar-refractivity contribution in [1.29, 1.82) is 0 Å². The first-order valence-corrected chi connectivity index (χ1v) is 11.0. The molecular weight excluding hydrogens is 408 g/mol. The van der Waals surface area contributed by atoms with Crippen molar-refractivity contribution in [3.63, 3.8) is 0 Å². The molecule has 1 aliphatic carbocycles. The molecular formula is C24H30N4O4. The van der Waals surface area contributed by atoms with Crippen molar-refractivity contribution in [2.45, 2.75) is 44.6 Å². The number of rotatable bonds is 3. The zero-order valence-electron chi connectivity index (χ0n) is 18.1. The maximum absolute atomic E-state index is 13.1. The molecule has 1 saturated carbocycles. The predicted molar refractivity (Wildman–Crippen MR) is 121 cm³/mol. The van der Waals surface area contributed by atoms with Crippen molar-refractivity contribution in [3.8, 4) is 0 Å². The molecule has 0 atom stereocenters. The van der Waals surface area contributed by atoms with E-state index in [9.17, 15) is 9.59 Å². The van der Waals surface area contributed by atoms with E-state index in [4.69, 9.17) is 15.6 Å². The lowest BCUT2D eigenvalue weighted by molar-refractivity contribution is -0.136. The van der Waals surface area contributed by atoms with Gasteiger partial charge in [0.1, 0.15) is 5.82 Å². The van der Waals surface area contributed by atoms with Gasteiger partial charge in [0.25, 0.3) is 12.4 Å². The normalized spacial score (nSPS) is 20.1. The number of nitrogen functional groups attached to an aromatic ring is 1. The summed E-state index contributed by atoms with van der Waals surface area (Å²) in [5.74, 6) is 0.566. The van der Waals surface area contributed by atoms with Crippen LogP contribution >= 0.6 is 0 Å². The van der Waals surface area contributed by atoms with Crippen LogP contribution in [0.15, 0.2) is 42.6 Å². The molecule has 2 heterocycles. The summed E-state index contributed by atoms with van der Waals surface area (Å²) in [6, 6.07) is 11.9. The molecule has 0 spiro atoms. The van der Waals surface area contributed by atoms with Crippen molar-refractivity contribution in [2.75, 3.05) is 18.8 Å². The van der Waals surface area contributed by atoms with Crippen LogP contribution in [0.25, 0.3) is 0 Å². The molecule has 1 fully saturated rings. The minimum Gasteiger partial charge on any atom is -0.483 e. The van der Waals surface area contributed by atoms with E-state index >= 15 is 0 Å². The van der Waals surface area contributed by atoms with Gasteiger partial charge in [0.15, 0.2) is 0 Å². The third kappa shape index (κ3) is 6.06. The first-order valence-electron chi connectivity index (χ1n) is 11.0. The Balaban J connectivity index is 0.000000913. The number of fused-ring (bicyclic) bond motifs is 1. The SMILES string of the molecule is Nc1cc(C(=O)NC2CCC(C(=O)N3CCc4ccccc4CC3)CC2)ccn1.O=CO. The van der Waals surface area contributed by atoms with Crippen LogP contribution in [0.2, 0.25) is 0 Å². The molecule has 1 aromatic carbocycles. The molecule has 0 bridgehead atoms. The Labute approximate surface area is 187 Å². The van der Waals surface area contributed by atoms with Gasteiger partial charge in [-0.05, 0) is 61.8 Å². The number of carboxylic acid groups (broad SMARTS) is 1. The second-order valence-corrected chi connectivity index (χ2v) is 8.19. The second-order valence-electron chi connectivity index (χ2n) is 8.19. The first kappa shape index (κ1) is 23.2. The highest BCUT2D eigenvalue weighted by atomic mass is 16.3. The van der Waals surface area contributed by atoms with Crippen molar-refractivity contribution in [2.24, 2.45) is 5.92 Å². The number of aromatic nitrogens is 1. The fourth-order valence-electron chi connectivity index (χ4n) is 4.49. The van der Waals surface area contributed by atoms with E-state index in [-0.39, 0.29) is 30.2 Å². The molecule has 4 rings (SSSR count). The number of pyridine rings is 1. The smallest absolute Gasteiger partial charge is 0.290 e. The lowest BCUT2D eigenvalue weighted by Crippen LogP contribution is -2.43. The van der Waals surface area contributed by atoms with Crippen LogP contribution in [0.4, 0.5) is 5.82 Å². The topological polar surface area (TPSA) is 126 Å². The van der Waals surface area contributed by atoms with E-state index in [0.717, 1.165) is 51.6 Å². The number of hydrogen-bond acceptors (Lipinski definition) is 5. The van der Waals surface area contributed by atoms with Crippen LogP contribution < -0.4 is 11.1 Å². The molecule has 2 aliphatic rings. The van der Waals surface area contributed by atoms with Gasteiger partial charge in [-0.3, -0.25) is 14.4 Å². The van der Waals surface area contributed by atoms with E-state index in [0.29, 0.717) is 11.4 Å². The lowest BCUT2D eigenvalue weighted by Gasteiger charge is -2.32. The van der Waals surface area contributed by atoms with E-state index in [1.165, 1.54) is 11.1 Å². The summed E-state index contributed by atoms with van der Waals surface area (Å²) < 4.78 is 0. The van der Waals surface area contributed by atoms with Crippen LogP contribution in [0.1, 0.15) is 47.2 Å². The summed E-state index contributed by atoms with van der Waals surface area (Å²) in [5, 5.41) is 9.96. The number of carbonyl (C=O) groups is 3. The Morgan fingerprint density at radius 1 is 1.06 bits per heavy atom. The Kier molecular flexibility index (Phi) is 8.19. The molecule has 32 heavy (non-hydrogen) atoms. The van der Waals surface area contributed by atoms with Crippen LogP contribution in [-0.4, -0.2) is 52.4 Å². The number of nitrogens with two attached hydrogens (primary N) is 1. The molecule has 0 saturated heterocycles. The Morgan fingerprint density at radius 2 is 1.66 bits per heavy atom. The van der Waals surface area contributed by atoms with Gasteiger partial charge < -0.3 is 21.1 Å². The van der Waals surface area contributed by atoms with E-state index in [2.05, 4.69) is 34.6 Å². The number of carbonyl (C=O) groups excluding carboxylic acids is 2. The summed E-state index contributed by atoms with van der Waals surface area (Å²) in [6.45, 7) is 1.35. The largest absolute Gasteiger partial charge is 0.483 e. The zero-order chi connectivity index (χ0) is 22.9. The molecule has 2 aromatic rings. The summed E-state index contributed by atoms with van der Waals surface area (Å²) in [4.78, 5) is 39.8. The van der Waals surface area contributed by atoms with Crippen molar-refractivity contribution in [3.05, 3.63) is 59.3 Å². The van der Waals surface area contributed by atoms with Gasteiger partial charge in [0.05, 0.1) is 0 Å². The highest BCUT2D eigenvalue weighted by Gasteiger charge is 2.30. The predicted octanol–water partition coefficient (Wildman–Crippen LogP) is 2.28. The summed E-state index contributed by atoms with van der Waals surface area (Å²) in [5.41, 5.74) is 8.92. The Bertz CT molecular complexity index is 914. The standard InChI is InChI=1S/C23H28N4O2.CH2O2/c24-21-15-19(9-12-25-21)22(28)26-20-7-5-18(6-8-20)23(29)27-13-10-16-3-1-2-4-17(16)11-14-27;2-1-3/h1-4,9,12,15,18,20H,5-8,10-11,13-14H2,(H2,24,25)(H,26,28);1H,(H,2,3). The summed E-state index contributed by atoms with van der Waals surface area (Å²) in [6.07, 6.45) is 6.72. The average Bonchev–Trinajstić information content (AvgIpc) is 3.02. The van der Waals surface area contributed by atoms with E-state index < -0.39 is 0 Å². The van der Waals surface area contributed by atoms with Crippen molar-refractivity contribution >= 4 is 24.1 Å². The Hall–Kier alpha value is -3.42. The minimum absolute atomic E-state index is 0.0703. The fourth-order valence-corrected chi connectivity index (χ4v) is 4.49. The van der Waals surface area contributed by atoms with Crippen molar-refractivity contribution < 1.29 is 19.5 Å². The van der Waals surface area contributed by atoms with Gasteiger partial charge in [0.2, 0.25) is 5.91 Å². The van der Waals surface area contributed by atoms with Crippen LogP contribution in [0.3, 0.4) is 0 Å². The van der Waals surface area contributed by atoms with Gasteiger partial charge in [-0.15, -0.1) is 0 Å². The third-order valence-corrected chi connectivity index (χ3v) is 6.19. The molecule has 1 aromatic heterocycles. The maximum Gasteiger partial charge on any atom is 0.290 e. The monoisotopic (exact) mass is 438 g/mol. The Morgan fingerprint density at radius 3 is 2.22 bits per heavy atom. The lowest BCUT2D eigenvalue weighted by atomic mass is 9.85. The maximum atomic E-state index is 13.1. The van der Waals surface area contributed by atoms with Gasteiger partial charge in [-0.1, -0.05) is 24.3 Å². The number of amides is 2. The quantitative estimate of drug-likeness (QED) is 0.631.